The van der Waals surface area contributed by atoms with Gasteiger partial charge in [-0.15, -0.1) is 34.8 Å². The van der Waals surface area contributed by atoms with E-state index in [2.05, 4.69) is 4.99 Å². The third-order valence-corrected chi connectivity index (χ3v) is 3.60. The highest BCUT2D eigenvalue weighted by Gasteiger charge is 2.51. The van der Waals surface area contributed by atoms with Crippen molar-refractivity contribution in [3.63, 3.8) is 0 Å². The maximum atomic E-state index is 12.0. The molecule has 0 fully saturated rings. The predicted octanol–water partition coefficient (Wildman–Crippen LogP) is 3.48. The van der Waals surface area contributed by atoms with E-state index in [1.807, 2.05) is 20.8 Å². The summed E-state index contributed by atoms with van der Waals surface area (Å²) in [7, 11) is 0. The number of aliphatic imine (C=N–C) groups is 1. The highest BCUT2D eigenvalue weighted by molar-refractivity contribution is 6.46. The number of hydrogen-bond acceptors (Lipinski definition) is 4. The summed E-state index contributed by atoms with van der Waals surface area (Å²) in [5.74, 6) is -0.371. The summed E-state index contributed by atoms with van der Waals surface area (Å²) in [5, 5.41) is 0. The highest BCUT2D eigenvalue weighted by Crippen LogP contribution is 2.39. The first-order valence-corrected chi connectivity index (χ1v) is 7.59. The second kappa shape index (κ2) is 6.54. The van der Waals surface area contributed by atoms with Gasteiger partial charge in [0, 0.05) is 6.08 Å². The molecule has 1 heterocycles. The van der Waals surface area contributed by atoms with Crippen LogP contribution in [0.5, 0.6) is 0 Å². The van der Waals surface area contributed by atoms with Crippen molar-refractivity contribution in [2.75, 3.05) is 12.5 Å². The molecular formula is C13H18Cl3NO3. The molecule has 4 nitrogen and oxygen atoms in total. The summed E-state index contributed by atoms with van der Waals surface area (Å²) in [6, 6.07) is 0. The quantitative estimate of drug-likeness (QED) is 0.580. The lowest BCUT2D eigenvalue weighted by atomic mass is 9.99. The molecule has 0 N–H and O–H groups in total. The zero-order chi connectivity index (χ0) is 15.6. The molecule has 7 heteroatoms. The van der Waals surface area contributed by atoms with Gasteiger partial charge in [-0.3, -0.25) is 0 Å². The number of alkyl halides is 3. The Morgan fingerprint density at radius 1 is 1.50 bits per heavy atom. The zero-order valence-electron chi connectivity index (χ0n) is 11.9. The number of halogens is 3. The molecule has 0 aliphatic carbocycles. The smallest absolute Gasteiger partial charge is 0.338 e. The molecule has 1 atom stereocenters. The Hall–Kier alpha value is -0.450. The first kappa shape index (κ1) is 17.6. The molecule has 0 aromatic heterocycles. The van der Waals surface area contributed by atoms with Crippen LogP contribution in [0.2, 0.25) is 0 Å². The fraction of sp³-hybridized carbons (Fsp3) is 0.692. The normalized spacial score (nSPS) is 24.8. The molecule has 0 bridgehead atoms. The number of esters is 1. The molecule has 20 heavy (non-hydrogen) atoms. The van der Waals surface area contributed by atoms with Gasteiger partial charge in [0.15, 0.2) is 10.4 Å². The van der Waals surface area contributed by atoms with Crippen LogP contribution in [-0.2, 0) is 14.3 Å². The zero-order valence-corrected chi connectivity index (χ0v) is 14.1. The lowest BCUT2D eigenvalue weighted by Crippen LogP contribution is -2.44. The fourth-order valence-electron chi connectivity index (χ4n) is 1.66. The van der Waals surface area contributed by atoms with Crippen molar-refractivity contribution in [2.45, 2.75) is 43.7 Å². The Balaban J connectivity index is 3.24. The van der Waals surface area contributed by atoms with Gasteiger partial charge in [-0.1, -0.05) is 0 Å². The number of ether oxygens (including phenoxy) is 2. The van der Waals surface area contributed by atoms with Crippen LogP contribution in [-0.4, -0.2) is 40.3 Å². The third-order valence-electron chi connectivity index (χ3n) is 2.50. The molecule has 0 radical (unpaired) electrons. The van der Waals surface area contributed by atoms with Gasteiger partial charge in [0.1, 0.15) is 0 Å². The second-order valence-electron chi connectivity index (χ2n) is 5.33. The Morgan fingerprint density at radius 2 is 2.10 bits per heavy atom. The minimum Gasteiger partial charge on any atom is -0.463 e. The number of rotatable bonds is 4. The molecule has 0 aromatic carbocycles. The van der Waals surface area contributed by atoms with Gasteiger partial charge in [-0.25, -0.2) is 9.79 Å². The lowest BCUT2D eigenvalue weighted by Gasteiger charge is -2.30. The fourth-order valence-corrected chi connectivity index (χ4v) is 2.65. The monoisotopic (exact) mass is 341 g/mol. The van der Waals surface area contributed by atoms with Crippen LogP contribution in [0.3, 0.4) is 0 Å². The summed E-state index contributed by atoms with van der Waals surface area (Å²) in [5.41, 5.74) is -1.52. The number of carbonyl (C=O) groups excluding carboxylic acids is 1. The molecule has 0 spiro atoms. The van der Waals surface area contributed by atoms with Crippen LogP contribution in [0.15, 0.2) is 16.6 Å². The highest BCUT2D eigenvalue weighted by atomic mass is 35.5. The average Bonchev–Trinajstić information content (AvgIpc) is 2.67. The predicted molar refractivity (Wildman–Crippen MR) is 81.9 cm³/mol. The maximum Gasteiger partial charge on any atom is 0.338 e. The van der Waals surface area contributed by atoms with Crippen molar-refractivity contribution in [1.82, 2.24) is 0 Å². The first-order valence-electron chi connectivity index (χ1n) is 6.18. The molecule has 114 valence electrons. The number of hydrogen-bond donors (Lipinski definition) is 0. The van der Waals surface area contributed by atoms with Crippen molar-refractivity contribution in [2.24, 2.45) is 4.99 Å². The van der Waals surface area contributed by atoms with Gasteiger partial charge in [-0.2, -0.15) is 0 Å². The molecule has 1 unspecified atom stereocenters. The SMILES string of the molecule is CCOC(=O)C1=CC(=NC(C)(C)C)OC1(CCl)C(Cl)Cl. The molecule has 1 aliphatic rings. The van der Waals surface area contributed by atoms with Crippen molar-refractivity contribution in [3.8, 4) is 0 Å². The number of nitrogens with zero attached hydrogens (tertiary/aromatic N) is 1. The van der Waals surface area contributed by atoms with E-state index in [0.717, 1.165) is 0 Å². The van der Waals surface area contributed by atoms with E-state index in [0.29, 0.717) is 0 Å². The van der Waals surface area contributed by atoms with Gasteiger partial charge in [-0.05, 0) is 27.7 Å². The minimum absolute atomic E-state index is 0.0848. The van der Waals surface area contributed by atoms with Crippen LogP contribution < -0.4 is 0 Å². The Morgan fingerprint density at radius 3 is 2.50 bits per heavy atom. The van der Waals surface area contributed by atoms with Crippen LogP contribution in [0.4, 0.5) is 0 Å². The van der Waals surface area contributed by atoms with Crippen molar-refractivity contribution < 1.29 is 14.3 Å². The van der Waals surface area contributed by atoms with Crippen LogP contribution >= 0.6 is 34.8 Å². The Kier molecular flexibility index (Phi) is 5.76. The Bertz CT molecular complexity index is 441. The minimum atomic E-state index is -1.33. The summed E-state index contributed by atoms with van der Waals surface area (Å²) < 4.78 is 10.7. The third kappa shape index (κ3) is 3.80. The second-order valence-corrected chi connectivity index (χ2v) is 6.69. The molecule has 0 saturated carbocycles. The lowest BCUT2D eigenvalue weighted by molar-refractivity contribution is -0.140. The first-order chi connectivity index (χ1) is 9.16. The van der Waals surface area contributed by atoms with E-state index >= 15 is 0 Å². The number of carbonyl (C=O) groups is 1. The molecule has 0 aromatic rings. The van der Waals surface area contributed by atoms with E-state index in [-0.39, 0.29) is 29.5 Å². The maximum absolute atomic E-state index is 12.0. The van der Waals surface area contributed by atoms with E-state index < -0.39 is 16.4 Å². The van der Waals surface area contributed by atoms with Gasteiger partial charge < -0.3 is 9.47 Å². The van der Waals surface area contributed by atoms with Crippen molar-refractivity contribution >= 4 is 46.7 Å². The van der Waals surface area contributed by atoms with E-state index in [9.17, 15) is 4.79 Å². The van der Waals surface area contributed by atoms with Crippen LogP contribution in [0, 0.1) is 0 Å². The summed E-state index contributed by atoms with van der Waals surface area (Å²) in [6.45, 7) is 7.65. The largest absolute Gasteiger partial charge is 0.463 e. The van der Waals surface area contributed by atoms with Crippen molar-refractivity contribution in [1.29, 1.82) is 0 Å². The average molecular weight is 343 g/mol. The summed E-state index contributed by atoms with van der Waals surface area (Å²) in [4.78, 5) is 15.4. The van der Waals surface area contributed by atoms with Gasteiger partial charge >= 0.3 is 5.97 Å². The van der Waals surface area contributed by atoms with Crippen LogP contribution in [0.1, 0.15) is 27.7 Å². The topological polar surface area (TPSA) is 47.9 Å². The van der Waals surface area contributed by atoms with Gasteiger partial charge in [0.05, 0.1) is 23.6 Å². The van der Waals surface area contributed by atoms with Gasteiger partial charge in [0.2, 0.25) is 5.90 Å². The molecule has 0 saturated heterocycles. The van der Waals surface area contributed by atoms with Gasteiger partial charge in [0.25, 0.3) is 0 Å². The molecule has 1 aliphatic heterocycles. The summed E-state index contributed by atoms with van der Waals surface area (Å²) >= 11 is 17.9. The van der Waals surface area contributed by atoms with E-state index in [1.165, 1.54) is 6.08 Å². The van der Waals surface area contributed by atoms with E-state index in [1.54, 1.807) is 6.92 Å². The summed E-state index contributed by atoms with van der Waals surface area (Å²) in [6.07, 6.45) is 1.49. The molecule has 0 amide bonds. The van der Waals surface area contributed by atoms with Crippen molar-refractivity contribution in [3.05, 3.63) is 11.6 Å². The molecule has 1 rings (SSSR count). The molecular weight excluding hydrogens is 325 g/mol. The standard InChI is InChI=1S/C13H18Cl3NO3/c1-5-19-10(18)8-6-9(17-12(2,3)4)20-13(8,7-14)11(15)16/h6,11H,5,7H2,1-4H3. The van der Waals surface area contributed by atoms with Crippen LogP contribution in [0.25, 0.3) is 0 Å². The Labute approximate surface area is 134 Å². The van der Waals surface area contributed by atoms with E-state index in [4.69, 9.17) is 44.3 Å².